The van der Waals surface area contributed by atoms with E-state index in [-0.39, 0.29) is 17.5 Å². The summed E-state index contributed by atoms with van der Waals surface area (Å²) in [5.41, 5.74) is 3.68. The largest absolute Gasteiger partial charge is 0.352 e. The standard InChI is InChI=1S/C29H24N2O3/c1-17-16-24-29(21-13-7-8-14-22(21)30-28(29)34)25(27(33)19-10-4-3-5-11-19)26(18(2)32)31(24)23-15-9-6-12-20(17)23/h3-16,24-26H,1-2H3,(H,30,34). The lowest BCUT2D eigenvalue weighted by molar-refractivity contribution is -0.122. The molecule has 0 aliphatic carbocycles. The molecule has 168 valence electrons. The molecule has 3 aliphatic heterocycles. The van der Waals surface area contributed by atoms with Crippen molar-refractivity contribution in [1.82, 2.24) is 0 Å². The molecule has 3 heterocycles. The summed E-state index contributed by atoms with van der Waals surface area (Å²) in [7, 11) is 0. The Hall–Kier alpha value is -3.99. The van der Waals surface area contributed by atoms with Crippen LogP contribution in [0.15, 0.2) is 84.9 Å². The average molecular weight is 449 g/mol. The molecule has 34 heavy (non-hydrogen) atoms. The van der Waals surface area contributed by atoms with Gasteiger partial charge in [-0.3, -0.25) is 14.4 Å². The van der Waals surface area contributed by atoms with E-state index in [1.807, 2.05) is 78.6 Å². The molecule has 1 saturated heterocycles. The van der Waals surface area contributed by atoms with Crippen molar-refractivity contribution in [2.75, 3.05) is 10.2 Å². The number of para-hydroxylation sites is 2. The zero-order valence-corrected chi connectivity index (χ0v) is 19.0. The van der Waals surface area contributed by atoms with Crippen molar-refractivity contribution >= 4 is 34.4 Å². The number of amides is 1. The van der Waals surface area contributed by atoms with Gasteiger partial charge in [0.1, 0.15) is 5.41 Å². The summed E-state index contributed by atoms with van der Waals surface area (Å²) >= 11 is 0. The van der Waals surface area contributed by atoms with Crippen molar-refractivity contribution in [3.8, 4) is 0 Å². The number of anilines is 2. The van der Waals surface area contributed by atoms with Gasteiger partial charge in [0, 0.05) is 22.5 Å². The number of nitrogens with zero attached hydrogens (tertiary/aromatic N) is 1. The van der Waals surface area contributed by atoms with Crippen molar-refractivity contribution in [1.29, 1.82) is 0 Å². The van der Waals surface area contributed by atoms with Crippen molar-refractivity contribution < 1.29 is 14.4 Å². The summed E-state index contributed by atoms with van der Waals surface area (Å²) in [6.45, 7) is 3.55. The van der Waals surface area contributed by atoms with E-state index in [0.717, 1.165) is 22.4 Å². The highest BCUT2D eigenvalue weighted by Crippen LogP contribution is 2.58. The van der Waals surface area contributed by atoms with E-state index in [9.17, 15) is 14.4 Å². The molecule has 1 fully saturated rings. The predicted octanol–water partition coefficient (Wildman–Crippen LogP) is 4.64. The van der Waals surface area contributed by atoms with Crippen molar-refractivity contribution in [2.45, 2.75) is 31.3 Å². The first kappa shape index (κ1) is 20.6. The third-order valence-corrected chi connectivity index (χ3v) is 7.64. The third kappa shape index (κ3) is 2.52. The number of Topliss-reactive ketones (excluding diaryl/α,β-unsaturated/α-hetero) is 2. The lowest BCUT2D eigenvalue weighted by Crippen LogP contribution is -2.51. The SMILES string of the molecule is CC(=O)C1C(C(=O)c2ccccc2)C2(C(=O)Nc3ccccc32)C2C=C(C)c3ccccc3N12. The Morgan fingerprint density at radius 2 is 1.59 bits per heavy atom. The number of carbonyl (C=O) groups is 3. The molecule has 4 atom stereocenters. The highest BCUT2D eigenvalue weighted by molar-refractivity contribution is 6.16. The van der Waals surface area contributed by atoms with Gasteiger partial charge in [-0.2, -0.15) is 0 Å². The molecule has 4 unspecified atom stereocenters. The van der Waals surface area contributed by atoms with Gasteiger partial charge in [-0.1, -0.05) is 72.8 Å². The summed E-state index contributed by atoms with van der Waals surface area (Å²) in [6.07, 6.45) is 2.07. The van der Waals surface area contributed by atoms with Gasteiger partial charge in [0.05, 0.1) is 18.0 Å². The predicted molar refractivity (Wildman–Crippen MR) is 132 cm³/mol. The van der Waals surface area contributed by atoms with Gasteiger partial charge in [-0.05, 0) is 37.1 Å². The molecule has 3 aromatic carbocycles. The Morgan fingerprint density at radius 3 is 2.35 bits per heavy atom. The van der Waals surface area contributed by atoms with Crippen LogP contribution in [-0.4, -0.2) is 29.6 Å². The summed E-state index contributed by atoms with van der Waals surface area (Å²) in [6, 6.07) is 23.2. The summed E-state index contributed by atoms with van der Waals surface area (Å²) in [5.74, 6) is -1.43. The monoisotopic (exact) mass is 448 g/mol. The van der Waals surface area contributed by atoms with Crippen LogP contribution in [0, 0.1) is 5.92 Å². The Kier molecular flexibility index (Phi) is 4.40. The van der Waals surface area contributed by atoms with Crippen LogP contribution >= 0.6 is 0 Å². The molecule has 1 spiro atoms. The molecule has 3 aliphatic rings. The van der Waals surface area contributed by atoms with Crippen molar-refractivity contribution in [3.63, 3.8) is 0 Å². The van der Waals surface area contributed by atoms with E-state index >= 15 is 0 Å². The molecule has 3 aromatic rings. The first-order valence-corrected chi connectivity index (χ1v) is 11.5. The van der Waals surface area contributed by atoms with Gasteiger partial charge in [0.25, 0.3) is 0 Å². The number of fused-ring (bicyclic) bond motifs is 6. The van der Waals surface area contributed by atoms with Crippen LogP contribution in [0.4, 0.5) is 11.4 Å². The Balaban J connectivity index is 1.69. The summed E-state index contributed by atoms with van der Waals surface area (Å²) < 4.78 is 0. The van der Waals surface area contributed by atoms with E-state index in [1.54, 1.807) is 12.1 Å². The fraction of sp³-hybridized carbons (Fsp3) is 0.207. The number of benzene rings is 3. The summed E-state index contributed by atoms with van der Waals surface area (Å²) in [5, 5.41) is 3.04. The number of allylic oxidation sites excluding steroid dienone is 1. The number of rotatable bonds is 3. The molecule has 0 bridgehead atoms. The molecule has 0 aromatic heterocycles. The Morgan fingerprint density at radius 1 is 0.912 bits per heavy atom. The van der Waals surface area contributed by atoms with Crippen LogP contribution in [0.3, 0.4) is 0 Å². The molecular formula is C29H24N2O3. The van der Waals surface area contributed by atoms with Gasteiger partial charge < -0.3 is 10.2 Å². The van der Waals surface area contributed by atoms with Gasteiger partial charge in [0.2, 0.25) is 5.91 Å². The zero-order valence-electron chi connectivity index (χ0n) is 19.0. The number of carbonyl (C=O) groups excluding carboxylic acids is 3. The number of hydrogen-bond donors (Lipinski definition) is 1. The van der Waals surface area contributed by atoms with Gasteiger partial charge in [0.15, 0.2) is 11.6 Å². The third-order valence-electron chi connectivity index (χ3n) is 7.64. The zero-order chi connectivity index (χ0) is 23.6. The van der Waals surface area contributed by atoms with Crippen molar-refractivity contribution in [3.05, 3.63) is 102 Å². The molecule has 1 N–H and O–H groups in total. The molecule has 0 saturated carbocycles. The lowest BCUT2D eigenvalue weighted by atomic mass is 9.64. The first-order valence-electron chi connectivity index (χ1n) is 11.5. The molecule has 6 rings (SSSR count). The maximum Gasteiger partial charge on any atom is 0.238 e. The quantitative estimate of drug-likeness (QED) is 0.593. The number of ketones is 2. The normalized spacial score (nSPS) is 26.4. The lowest BCUT2D eigenvalue weighted by Gasteiger charge is -2.39. The second-order valence-electron chi connectivity index (χ2n) is 9.35. The molecule has 5 nitrogen and oxygen atoms in total. The maximum absolute atomic E-state index is 14.2. The van der Waals surface area contributed by atoms with Crippen LogP contribution in [0.5, 0.6) is 0 Å². The fourth-order valence-electron chi connectivity index (χ4n) is 6.32. The van der Waals surface area contributed by atoms with Gasteiger partial charge in [-0.15, -0.1) is 0 Å². The second-order valence-corrected chi connectivity index (χ2v) is 9.35. The molecule has 5 heteroatoms. The Bertz CT molecular complexity index is 1390. The van der Waals surface area contributed by atoms with Crippen molar-refractivity contribution in [2.24, 2.45) is 5.92 Å². The van der Waals surface area contributed by atoms with Crippen LogP contribution in [-0.2, 0) is 15.0 Å². The molecule has 0 radical (unpaired) electrons. The van der Waals surface area contributed by atoms with Gasteiger partial charge >= 0.3 is 0 Å². The van der Waals surface area contributed by atoms with E-state index in [2.05, 4.69) is 11.4 Å². The minimum atomic E-state index is -1.23. The number of hydrogen-bond acceptors (Lipinski definition) is 4. The molecular weight excluding hydrogens is 424 g/mol. The van der Waals surface area contributed by atoms with Crippen LogP contribution in [0.1, 0.15) is 35.3 Å². The van der Waals surface area contributed by atoms with Crippen LogP contribution < -0.4 is 10.2 Å². The minimum Gasteiger partial charge on any atom is -0.352 e. The van der Waals surface area contributed by atoms with E-state index in [1.165, 1.54) is 6.92 Å². The highest BCUT2D eigenvalue weighted by atomic mass is 16.2. The Labute approximate surface area is 198 Å². The molecule has 1 amide bonds. The summed E-state index contributed by atoms with van der Waals surface area (Å²) in [4.78, 5) is 43.6. The van der Waals surface area contributed by atoms with Crippen LogP contribution in [0.25, 0.3) is 5.57 Å². The first-order chi connectivity index (χ1) is 16.5. The average Bonchev–Trinajstić information content (AvgIpc) is 3.32. The fourth-order valence-corrected chi connectivity index (χ4v) is 6.32. The topological polar surface area (TPSA) is 66.5 Å². The van der Waals surface area contributed by atoms with E-state index < -0.39 is 23.4 Å². The number of nitrogens with one attached hydrogen (secondary N) is 1. The van der Waals surface area contributed by atoms with E-state index in [4.69, 9.17) is 0 Å². The minimum absolute atomic E-state index is 0.129. The maximum atomic E-state index is 14.2. The smallest absolute Gasteiger partial charge is 0.238 e. The van der Waals surface area contributed by atoms with Gasteiger partial charge in [-0.25, -0.2) is 0 Å². The highest BCUT2D eigenvalue weighted by Gasteiger charge is 2.70. The van der Waals surface area contributed by atoms with E-state index in [0.29, 0.717) is 11.3 Å². The second kappa shape index (κ2) is 7.26. The van der Waals surface area contributed by atoms with Crippen LogP contribution in [0.2, 0.25) is 0 Å².